The van der Waals surface area contributed by atoms with E-state index in [1.807, 2.05) is 0 Å². The highest BCUT2D eigenvalue weighted by Gasteiger charge is 2.33. The van der Waals surface area contributed by atoms with E-state index < -0.39 is 0 Å². The molecule has 7 heteroatoms. The number of aromatic nitrogens is 3. The van der Waals surface area contributed by atoms with Gasteiger partial charge in [-0.3, -0.25) is 9.59 Å². The standard InChI is InChI=1S/C18H22N4O3/c1-11-19-17(25-21-11)15-8-4-5-9-22(15)18(24)13-10-12-6-2-3-7-14(12)20-16(13)23/h10,15H,2-9H2,1H3,(H,20,23)/t15-/m0/s1. The van der Waals surface area contributed by atoms with E-state index in [1.54, 1.807) is 17.9 Å². The van der Waals surface area contributed by atoms with E-state index in [0.717, 1.165) is 56.2 Å². The van der Waals surface area contributed by atoms with Crippen LogP contribution in [0.4, 0.5) is 0 Å². The van der Waals surface area contributed by atoms with Gasteiger partial charge in [0.2, 0.25) is 5.89 Å². The average molecular weight is 342 g/mol. The lowest BCUT2D eigenvalue weighted by Crippen LogP contribution is -2.41. The van der Waals surface area contributed by atoms with E-state index in [-0.39, 0.29) is 23.1 Å². The number of fused-ring (bicyclic) bond motifs is 1. The average Bonchev–Trinajstić information content (AvgIpc) is 3.07. The number of aryl methyl sites for hydroxylation is 3. The van der Waals surface area contributed by atoms with Crippen LogP contribution in [0.25, 0.3) is 0 Å². The highest BCUT2D eigenvalue weighted by molar-refractivity contribution is 5.94. The first-order chi connectivity index (χ1) is 12.1. The van der Waals surface area contributed by atoms with Crippen molar-refractivity contribution in [2.24, 2.45) is 0 Å². The van der Waals surface area contributed by atoms with Gasteiger partial charge in [-0.05, 0) is 63.5 Å². The summed E-state index contributed by atoms with van der Waals surface area (Å²) in [5, 5.41) is 3.84. The van der Waals surface area contributed by atoms with E-state index in [9.17, 15) is 9.59 Å². The topological polar surface area (TPSA) is 92.1 Å². The van der Waals surface area contributed by atoms with E-state index >= 15 is 0 Å². The molecular formula is C18H22N4O3. The SMILES string of the molecule is Cc1noc([C@@H]2CCCCN2C(=O)c2cc3c([nH]c2=O)CCCC3)n1. The van der Waals surface area contributed by atoms with Gasteiger partial charge in [-0.2, -0.15) is 4.98 Å². The summed E-state index contributed by atoms with van der Waals surface area (Å²) < 4.78 is 5.30. The molecule has 0 spiro atoms. The summed E-state index contributed by atoms with van der Waals surface area (Å²) in [6.45, 7) is 2.36. The van der Waals surface area contributed by atoms with Crippen molar-refractivity contribution in [1.82, 2.24) is 20.0 Å². The third kappa shape index (κ3) is 2.99. The van der Waals surface area contributed by atoms with Crippen LogP contribution in [0.2, 0.25) is 0 Å². The zero-order chi connectivity index (χ0) is 17.4. The van der Waals surface area contributed by atoms with Crippen molar-refractivity contribution in [3.8, 4) is 0 Å². The quantitative estimate of drug-likeness (QED) is 0.904. The smallest absolute Gasteiger partial charge is 0.261 e. The maximum atomic E-state index is 13.1. The minimum Gasteiger partial charge on any atom is -0.337 e. The van der Waals surface area contributed by atoms with Gasteiger partial charge in [0.15, 0.2) is 5.82 Å². The number of nitrogens with zero attached hydrogens (tertiary/aromatic N) is 3. The summed E-state index contributed by atoms with van der Waals surface area (Å²) in [7, 11) is 0. The molecule has 0 bridgehead atoms. The van der Waals surface area contributed by atoms with Crippen LogP contribution in [0.3, 0.4) is 0 Å². The molecule has 1 N–H and O–H groups in total. The number of H-pyrrole nitrogens is 1. The van der Waals surface area contributed by atoms with Gasteiger partial charge in [0.1, 0.15) is 11.6 Å². The van der Waals surface area contributed by atoms with Crippen LogP contribution in [0, 0.1) is 6.92 Å². The molecule has 1 amide bonds. The van der Waals surface area contributed by atoms with E-state index in [0.29, 0.717) is 18.3 Å². The van der Waals surface area contributed by atoms with Crippen molar-refractivity contribution in [2.45, 2.75) is 57.9 Å². The fourth-order valence-corrected chi connectivity index (χ4v) is 3.87. The second-order valence-electron chi connectivity index (χ2n) is 6.91. The number of aromatic amines is 1. The zero-order valence-electron chi connectivity index (χ0n) is 14.4. The third-order valence-corrected chi connectivity index (χ3v) is 5.16. The summed E-state index contributed by atoms with van der Waals surface area (Å²) in [5.74, 6) is 0.773. The molecule has 1 fully saturated rings. The largest absolute Gasteiger partial charge is 0.337 e. The van der Waals surface area contributed by atoms with Crippen molar-refractivity contribution in [3.05, 3.63) is 45.0 Å². The molecule has 3 heterocycles. The summed E-state index contributed by atoms with van der Waals surface area (Å²) >= 11 is 0. The normalized spacial score (nSPS) is 20.4. The molecule has 2 aromatic heterocycles. The van der Waals surface area contributed by atoms with E-state index in [1.165, 1.54) is 0 Å². The molecule has 2 aromatic rings. The highest BCUT2D eigenvalue weighted by Crippen LogP contribution is 2.31. The molecule has 0 radical (unpaired) electrons. The minimum atomic E-state index is -0.295. The molecule has 25 heavy (non-hydrogen) atoms. The van der Waals surface area contributed by atoms with Gasteiger partial charge in [0, 0.05) is 12.2 Å². The predicted octanol–water partition coefficient (Wildman–Crippen LogP) is 2.31. The zero-order valence-corrected chi connectivity index (χ0v) is 14.4. The summed E-state index contributed by atoms with van der Waals surface area (Å²) in [6.07, 6.45) is 6.66. The lowest BCUT2D eigenvalue weighted by molar-refractivity contribution is 0.0559. The van der Waals surface area contributed by atoms with Gasteiger partial charge in [-0.1, -0.05) is 5.16 Å². The number of piperidine rings is 1. The van der Waals surface area contributed by atoms with Gasteiger partial charge in [-0.15, -0.1) is 0 Å². The number of hydrogen-bond acceptors (Lipinski definition) is 5. The fourth-order valence-electron chi connectivity index (χ4n) is 3.87. The number of likely N-dealkylation sites (tertiary alicyclic amines) is 1. The Kier molecular flexibility index (Phi) is 4.15. The molecule has 4 rings (SSSR count). The van der Waals surface area contributed by atoms with Gasteiger partial charge in [0.05, 0.1) is 0 Å². The van der Waals surface area contributed by atoms with Crippen molar-refractivity contribution < 1.29 is 9.32 Å². The molecular weight excluding hydrogens is 320 g/mol. The first-order valence-electron chi connectivity index (χ1n) is 9.00. The lowest BCUT2D eigenvalue weighted by atomic mass is 9.94. The van der Waals surface area contributed by atoms with Gasteiger partial charge >= 0.3 is 0 Å². The van der Waals surface area contributed by atoms with E-state index in [4.69, 9.17) is 4.52 Å². The number of amides is 1. The number of carbonyl (C=O) groups excluding carboxylic acids is 1. The van der Waals surface area contributed by atoms with Crippen LogP contribution in [-0.2, 0) is 12.8 Å². The number of pyridine rings is 1. The highest BCUT2D eigenvalue weighted by atomic mass is 16.5. The first kappa shape index (κ1) is 16.1. The van der Waals surface area contributed by atoms with Crippen LogP contribution in [0.1, 0.15) is 71.5 Å². The lowest BCUT2D eigenvalue weighted by Gasteiger charge is -2.33. The van der Waals surface area contributed by atoms with Gasteiger partial charge < -0.3 is 14.4 Å². The van der Waals surface area contributed by atoms with Crippen LogP contribution in [0.5, 0.6) is 0 Å². The summed E-state index contributed by atoms with van der Waals surface area (Å²) in [4.78, 5) is 34.5. The Balaban J connectivity index is 1.68. The molecule has 0 aromatic carbocycles. The Morgan fingerprint density at radius 2 is 2.12 bits per heavy atom. The number of hydrogen-bond donors (Lipinski definition) is 1. The molecule has 7 nitrogen and oxygen atoms in total. The Bertz CT molecular complexity index is 854. The van der Waals surface area contributed by atoms with E-state index in [2.05, 4.69) is 15.1 Å². The summed E-state index contributed by atoms with van der Waals surface area (Å²) in [6, 6.07) is 1.54. The second-order valence-corrected chi connectivity index (χ2v) is 6.91. The van der Waals surface area contributed by atoms with Gasteiger partial charge in [-0.25, -0.2) is 0 Å². The molecule has 1 atom stereocenters. The van der Waals surface area contributed by atoms with Crippen molar-refractivity contribution in [3.63, 3.8) is 0 Å². The maximum Gasteiger partial charge on any atom is 0.261 e. The molecule has 2 aliphatic rings. The Labute approximate surface area is 145 Å². The predicted molar refractivity (Wildman–Crippen MR) is 90.4 cm³/mol. The molecule has 1 aliphatic carbocycles. The molecule has 0 saturated carbocycles. The molecule has 0 unspecified atom stereocenters. The van der Waals surface area contributed by atoms with Crippen LogP contribution in [0.15, 0.2) is 15.4 Å². The first-order valence-corrected chi connectivity index (χ1v) is 9.00. The fraction of sp³-hybridized carbons (Fsp3) is 0.556. The summed E-state index contributed by atoms with van der Waals surface area (Å²) in [5.41, 5.74) is 2.01. The second kappa shape index (κ2) is 6.46. The Morgan fingerprint density at radius 3 is 2.92 bits per heavy atom. The van der Waals surface area contributed by atoms with Crippen molar-refractivity contribution in [1.29, 1.82) is 0 Å². The number of rotatable bonds is 2. The molecule has 1 saturated heterocycles. The monoisotopic (exact) mass is 342 g/mol. The Morgan fingerprint density at radius 1 is 1.28 bits per heavy atom. The molecule has 1 aliphatic heterocycles. The minimum absolute atomic E-state index is 0.226. The van der Waals surface area contributed by atoms with Gasteiger partial charge in [0.25, 0.3) is 11.5 Å². The third-order valence-electron chi connectivity index (χ3n) is 5.16. The van der Waals surface area contributed by atoms with Crippen LogP contribution >= 0.6 is 0 Å². The number of carbonyl (C=O) groups is 1. The maximum absolute atomic E-state index is 13.1. The van der Waals surface area contributed by atoms with Crippen molar-refractivity contribution in [2.75, 3.05) is 6.54 Å². The molecule has 132 valence electrons. The van der Waals surface area contributed by atoms with Crippen molar-refractivity contribution >= 4 is 5.91 Å². The Hall–Kier alpha value is -2.44. The number of nitrogens with one attached hydrogen (secondary N) is 1. The van der Waals surface area contributed by atoms with Crippen LogP contribution in [-0.4, -0.2) is 32.5 Å². The van der Waals surface area contributed by atoms with Crippen LogP contribution < -0.4 is 5.56 Å².